The van der Waals surface area contributed by atoms with Gasteiger partial charge in [-0.2, -0.15) is 0 Å². The van der Waals surface area contributed by atoms with Gasteiger partial charge < -0.3 is 20.1 Å². The molecule has 2 heterocycles. The number of hydrogen-bond donors (Lipinski definition) is 2. The maximum Gasteiger partial charge on any atom is 0.315 e. The highest BCUT2D eigenvalue weighted by molar-refractivity contribution is 5.74. The van der Waals surface area contributed by atoms with E-state index in [9.17, 15) is 9.18 Å². The number of ether oxygens (including phenoxy) is 2. The van der Waals surface area contributed by atoms with Crippen molar-refractivity contribution in [2.45, 2.75) is 56.9 Å². The summed E-state index contributed by atoms with van der Waals surface area (Å²) in [6.45, 7) is 2.19. The molecule has 2 aliphatic rings. The van der Waals surface area contributed by atoms with Gasteiger partial charge in [-0.3, -0.25) is 0 Å². The zero-order valence-electron chi connectivity index (χ0n) is 13.3. The van der Waals surface area contributed by atoms with Crippen LogP contribution in [0.1, 0.15) is 32.6 Å². The van der Waals surface area contributed by atoms with E-state index >= 15 is 0 Å². The standard InChI is InChI=1S/C17H23FN2O3/c1-2-11(10-22-15-6-4-3-5-13(15)18)19-17(21)20-14-9-12-7-8-16(14)23-12/h3-6,11-12,14,16H,2,7-10H2,1H3,(H2,19,20,21)/t11-,12+,14-,16+/m0/s1. The van der Waals surface area contributed by atoms with Crippen LogP contribution in [0.3, 0.4) is 0 Å². The van der Waals surface area contributed by atoms with Crippen LogP contribution in [0, 0.1) is 5.82 Å². The number of urea groups is 1. The fourth-order valence-electron chi connectivity index (χ4n) is 3.20. The average molecular weight is 322 g/mol. The van der Waals surface area contributed by atoms with Gasteiger partial charge in [0, 0.05) is 0 Å². The molecule has 3 rings (SSSR count). The number of carbonyl (C=O) groups excluding carboxylic acids is 1. The summed E-state index contributed by atoms with van der Waals surface area (Å²) in [5.41, 5.74) is 0. The second-order valence-electron chi connectivity index (χ2n) is 6.18. The molecule has 0 spiro atoms. The highest BCUT2D eigenvalue weighted by Crippen LogP contribution is 2.34. The lowest BCUT2D eigenvalue weighted by molar-refractivity contribution is 0.0979. The lowest BCUT2D eigenvalue weighted by Gasteiger charge is -2.23. The normalized spacial score (nSPS) is 26.8. The third-order valence-electron chi connectivity index (χ3n) is 4.53. The quantitative estimate of drug-likeness (QED) is 0.846. The van der Waals surface area contributed by atoms with Crippen molar-refractivity contribution in [3.05, 3.63) is 30.1 Å². The smallest absolute Gasteiger partial charge is 0.315 e. The van der Waals surface area contributed by atoms with Crippen molar-refractivity contribution in [3.8, 4) is 5.75 Å². The zero-order valence-corrected chi connectivity index (χ0v) is 13.3. The van der Waals surface area contributed by atoms with Gasteiger partial charge in [-0.15, -0.1) is 0 Å². The Morgan fingerprint density at radius 1 is 1.43 bits per heavy atom. The predicted molar refractivity (Wildman–Crippen MR) is 83.9 cm³/mol. The third kappa shape index (κ3) is 3.93. The Morgan fingerprint density at radius 3 is 2.91 bits per heavy atom. The van der Waals surface area contributed by atoms with Crippen LogP contribution in [-0.4, -0.2) is 36.9 Å². The molecule has 2 aliphatic heterocycles. The van der Waals surface area contributed by atoms with Crippen LogP contribution < -0.4 is 15.4 Å². The number of rotatable bonds is 6. The van der Waals surface area contributed by atoms with Gasteiger partial charge in [0.2, 0.25) is 0 Å². The fourth-order valence-corrected chi connectivity index (χ4v) is 3.20. The molecule has 5 nitrogen and oxygen atoms in total. The van der Waals surface area contributed by atoms with E-state index in [1.807, 2.05) is 6.92 Å². The highest BCUT2D eigenvalue weighted by atomic mass is 19.1. The predicted octanol–water partition coefficient (Wildman–Crippen LogP) is 2.60. The maximum absolute atomic E-state index is 13.5. The van der Waals surface area contributed by atoms with E-state index in [1.165, 1.54) is 6.07 Å². The molecular formula is C17H23FN2O3. The van der Waals surface area contributed by atoms with Gasteiger partial charge >= 0.3 is 6.03 Å². The number of carbonyl (C=O) groups is 1. The van der Waals surface area contributed by atoms with E-state index in [4.69, 9.17) is 9.47 Å². The summed E-state index contributed by atoms with van der Waals surface area (Å²) in [4.78, 5) is 12.1. The van der Waals surface area contributed by atoms with Crippen LogP contribution in [0.4, 0.5) is 9.18 Å². The Labute approximate surface area is 135 Å². The molecule has 2 amide bonds. The monoisotopic (exact) mass is 322 g/mol. The van der Waals surface area contributed by atoms with E-state index in [2.05, 4.69) is 10.6 Å². The van der Waals surface area contributed by atoms with Crippen LogP contribution in [0.2, 0.25) is 0 Å². The molecule has 0 aliphatic carbocycles. The van der Waals surface area contributed by atoms with Gasteiger partial charge in [0.25, 0.3) is 0 Å². The van der Waals surface area contributed by atoms with Gasteiger partial charge in [-0.25, -0.2) is 9.18 Å². The van der Waals surface area contributed by atoms with Crippen molar-refractivity contribution >= 4 is 6.03 Å². The molecule has 126 valence electrons. The summed E-state index contributed by atoms with van der Waals surface area (Å²) in [7, 11) is 0. The molecule has 2 N–H and O–H groups in total. The average Bonchev–Trinajstić information content (AvgIpc) is 3.15. The number of para-hydroxylation sites is 1. The molecular weight excluding hydrogens is 299 g/mol. The minimum Gasteiger partial charge on any atom is -0.488 e. The number of hydrogen-bond acceptors (Lipinski definition) is 3. The van der Waals surface area contributed by atoms with Crippen molar-refractivity contribution in [2.75, 3.05) is 6.61 Å². The molecule has 4 atom stereocenters. The van der Waals surface area contributed by atoms with Gasteiger partial charge in [0.1, 0.15) is 6.61 Å². The third-order valence-corrected chi connectivity index (χ3v) is 4.53. The van der Waals surface area contributed by atoms with Gasteiger partial charge in [0.15, 0.2) is 11.6 Å². The van der Waals surface area contributed by atoms with Crippen molar-refractivity contribution in [1.82, 2.24) is 10.6 Å². The minimum atomic E-state index is -0.397. The molecule has 2 bridgehead atoms. The SMILES string of the molecule is CC[C@@H](COc1ccccc1F)NC(=O)N[C@H]1C[C@H]2CC[C@H]1O2. The van der Waals surface area contributed by atoms with Crippen molar-refractivity contribution in [3.63, 3.8) is 0 Å². The summed E-state index contributed by atoms with van der Waals surface area (Å²) >= 11 is 0. The molecule has 23 heavy (non-hydrogen) atoms. The maximum atomic E-state index is 13.5. The summed E-state index contributed by atoms with van der Waals surface area (Å²) in [5.74, 6) is -0.194. The number of amides is 2. The first-order valence-electron chi connectivity index (χ1n) is 8.25. The molecule has 0 aromatic heterocycles. The van der Waals surface area contributed by atoms with Gasteiger partial charge in [-0.05, 0) is 37.8 Å². The molecule has 6 heteroatoms. The van der Waals surface area contributed by atoms with Crippen LogP contribution in [0.15, 0.2) is 24.3 Å². The van der Waals surface area contributed by atoms with E-state index in [-0.39, 0.29) is 36.6 Å². The number of nitrogens with one attached hydrogen (secondary N) is 2. The van der Waals surface area contributed by atoms with Crippen LogP contribution in [-0.2, 0) is 4.74 Å². The van der Waals surface area contributed by atoms with E-state index < -0.39 is 5.82 Å². The summed E-state index contributed by atoms with van der Waals surface area (Å²) in [6.07, 6.45) is 4.16. The van der Waals surface area contributed by atoms with Crippen molar-refractivity contribution in [2.24, 2.45) is 0 Å². The highest BCUT2D eigenvalue weighted by Gasteiger charge is 2.41. The summed E-state index contributed by atoms with van der Waals surface area (Å²) in [5, 5.41) is 5.87. The number of benzene rings is 1. The Bertz CT molecular complexity index is 554. The van der Waals surface area contributed by atoms with Crippen LogP contribution >= 0.6 is 0 Å². The van der Waals surface area contributed by atoms with E-state index in [1.54, 1.807) is 18.2 Å². The van der Waals surface area contributed by atoms with E-state index in [0.29, 0.717) is 12.5 Å². The second-order valence-corrected chi connectivity index (χ2v) is 6.18. The first-order valence-corrected chi connectivity index (χ1v) is 8.25. The lowest BCUT2D eigenvalue weighted by Crippen LogP contribution is -2.50. The Morgan fingerprint density at radius 2 is 2.26 bits per heavy atom. The minimum absolute atomic E-state index is 0.0961. The molecule has 0 radical (unpaired) electrons. The second kappa shape index (κ2) is 7.17. The fraction of sp³-hybridized carbons (Fsp3) is 0.588. The van der Waals surface area contributed by atoms with Crippen LogP contribution in [0.25, 0.3) is 0 Å². The van der Waals surface area contributed by atoms with E-state index in [0.717, 1.165) is 19.3 Å². The molecule has 0 unspecified atom stereocenters. The first-order chi connectivity index (χ1) is 11.2. The summed E-state index contributed by atoms with van der Waals surface area (Å²) in [6, 6.07) is 5.97. The summed E-state index contributed by atoms with van der Waals surface area (Å²) < 4.78 is 24.7. The largest absolute Gasteiger partial charge is 0.488 e. The van der Waals surface area contributed by atoms with Crippen molar-refractivity contribution < 1.29 is 18.7 Å². The Balaban J connectivity index is 1.45. The number of halogens is 1. The molecule has 1 aromatic rings. The Kier molecular flexibility index (Phi) is 5.00. The topological polar surface area (TPSA) is 59.6 Å². The first kappa shape index (κ1) is 16.1. The molecule has 2 fully saturated rings. The molecule has 0 saturated carbocycles. The van der Waals surface area contributed by atoms with Gasteiger partial charge in [-0.1, -0.05) is 19.1 Å². The molecule has 1 aromatic carbocycles. The lowest BCUT2D eigenvalue weighted by atomic mass is 9.96. The zero-order chi connectivity index (χ0) is 16.2. The Hall–Kier alpha value is -1.82. The number of fused-ring (bicyclic) bond motifs is 2. The van der Waals surface area contributed by atoms with Crippen LogP contribution in [0.5, 0.6) is 5.75 Å². The van der Waals surface area contributed by atoms with Crippen molar-refractivity contribution in [1.29, 1.82) is 0 Å². The molecule has 2 saturated heterocycles. The van der Waals surface area contributed by atoms with Gasteiger partial charge in [0.05, 0.1) is 24.3 Å².